The highest BCUT2D eigenvalue weighted by atomic mass is 32.1. The average Bonchev–Trinajstić information content (AvgIpc) is 2.77. The minimum atomic E-state index is 1.03. The van der Waals surface area contributed by atoms with Crippen LogP contribution in [0.25, 0.3) is 0 Å². The maximum absolute atomic E-state index is 4.28. The second kappa shape index (κ2) is 3.96. The van der Waals surface area contributed by atoms with E-state index in [-0.39, 0.29) is 0 Å². The van der Waals surface area contributed by atoms with E-state index < -0.39 is 0 Å². The molecule has 2 rings (SSSR count). The number of imidazole rings is 1. The van der Waals surface area contributed by atoms with Crippen LogP contribution in [0.2, 0.25) is 0 Å². The fraction of sp³-hybridized carbons (Fsp3) is 0.364. The Labute approximate surface area is 88.2 Å². The van der Waals surface area contributed by atoms with Crippen molar-refractivity contribution in [2.45, 2.75) is 26.8 Å². The van der Waals surface area contributed by atoms with Gasteiger partial charge in [-0.05, 0) is 42.7 Å². The lowest BCUT2D eigenvalue weighted by molar-refractivity contribution is 0.678. The molecule has 74 valence electrons. The Hall–Kier alpha value is -1.09. The van der Waals surface area contributed by atoms with Gasteiger partial charge >= 0.3 is 0 Å². The third-order valence-corrected chi connectivity index (χ3v) is 3.30. The number of hydrogen-bond donors (Lipinski definition) is 0. The molecule has 2 aromatic heterocycles. The van der Waals surface area contributed by atoms with Crippen molar-refractivity contribution >= 4 is 11.3 Å². The van der Waals surface area contributed by atoms with E-state index in [2.05, 4.69) is 40.2 Å². The summed E-state index contributed by atoms with van der Waals surface area (Å²) in [6, 6.07) is 2.18. The second-order valence-corrected chi connectivity index (χ2v) is 4.27. The molecule has 2 heterocycles. The first-order chi connectivity index (χ1) is 6.77. The molecule has 0 radical (unpaired) electrons. The van der Waals surface area contributed by atoms with Crippen molar-refractivity contribution in [1.29, 1.82) is 0 Å². The first-order valence-corrected chi connectivity index (χ1v) is 5.71. The summed E-state index contributed by atoms with van der Waals surface area (Å²) in [5.41, 5.74) is 3.83. The minimum Gasteiger partial charge on any atom is -0.334 e. The molecule has 0 amide bonds. The van der Waals surface area contributed by atoms with Crippen molar-refractivity contribution in [3.63, 3.8) is 0 Å². The van der Waals surface area contributed by atoms with E-state index >= 15 is 0 Å². The molecule has 3 heteroatoms. The summed E-state index contributed by atoms with van der Waals surface area (Å²) >= 11 is 1.76. The van der Waals surface area contributed by atoms with Crippen molar-refractivity contribution in [1.82, 2.24) is 9.55 Å². The highest BCUT2D eigenvalue weighted by Crippen LogP contribution is 2.10. The maximum atomic E-state index is 4.28. The Morgan fingerprint density at radius 2 is 2.29 bits per heavy atom. The van der Waals surface area contributed by atoms with Gasteiger partial charge < -0.3 is 4.57 Å². The molecule has 0 atom stereocenters. The zero-order valence-corrected chi connectivity index (χ0v) is 9.34. The van der Waals surface area contributed by atoms with Crippen molar-refractivity contribution in [3.8, 4) is 0 Å². The van der Waals surface area contributed by atoms with Crippen LogP contribution in [0.1, 0.15) is 17.0 Å². The van der Waals surface area contributed by atoms with E-state index in [0.29, 0.717) is 0 Å². The maximum Gasteiger partial charge on any atom is 0.0951 e. The molecule has 0 aliphatic carbocycles. The van der Waals surface area contributed by atoms with Crippen LogP contribution < -0.4 is 0 Å². The summed E-state index contributed by atoms with van der Waals surface area (Å²) in [6.45, 7) is 5.20. The van der Waals surface area contributed by atoms with Gasteiger partial charge in [-0.3, -0.25) is 0 Å². The number of rotatable bonds is 3. The van der Waals surface area contributed by atoms with Gasteiger partial charge in [-0.1, -0.05) is 0 Å². The van der Waals surface area contributed by atoms with Gasteiger partial charge in [0.15, 0.2) is 0 Å². The van der Waals surface area contributed by atoms with Crippen LogP contribution in [-0.2, 0) is 13.0 Å². The SMILES string of the molecule is Cc1ncn(CCc2ccsc2)c1C. The monoisotopic (exact) mass is 206 g/mol. The van der Waals surface area contributed by atoms with E-state index in [1.54, 1.807) is 11.3 Å². The smallest absolute Gasteiger partial charge is 0.0951 e. The molecule has 0 unspecified atom stereocenters. The number of aryl methyl sites for hydroxylation is 3. The normalized spacial score (nSPS) is 10.7. The Balaban J connectivity index is 2.02. The van der Waals surface area contributed by atoms with Crippen LogP contribution in [0.5, 0.6) is 0 Å². The molecule has 0 aliphatic rings. The van der Waals surface area contributed by atoms with Gasteiger partial charge in [0.25, 0.3) is 0 Å². The summed E-state index contributed by atoms with van der Waals surface area (Å²) in [7, 11) is 0. The lowest BCUT2D eigenvalue weighted by Gasteiger charge is -2.03. The molecule has 0 saturated carbocycles. The fourth-order valence-electron chi connectivity index (χ4n) is 1.45. The number of hydrogen-bond acceptors (Lipinski definition) is 2. The number of aromatic nitrogens is 2. The van der Waals surface area contributed by atoms with Gasteiger partial charge in [-0.2, -0.15) is 11.3 Å². The third-order valence-electron chi connectivity index (χ3n) is 2.57. The zero-order chi connectivity index (χ0) is 9.97. The molecule has 0 bridgehead atoms. The molecule has 0 spiro atoms. The van der Waals surface area contributed by atoms with Gasteiger partial charge in [0, 0.05) is 12.2 Å². The Morgan fingerprint density at radius 1 is 1.43 bits per heavy atom. The van der Waals surface area contributed by atoms with Crippen molar-refractivity contribution in [3.05, 3.63) is 40.1 Å². The minimum absolute atomic E-state index is 1.03. The number of nitrogens with zero attached hydrogens (tertiary/aromatic N) is 2. The molecule has 2 nitrogen and oxygen atoms in total. The van der Waals surface area contributed by atoms with E-state index in [0.717, 1.165) is 18.7 Å². The van der Waals surface area contributed by atoms with Crippen molar-refractivity contribution in [2.24, 2.45) is 0 Å². The van der Waals surface area contributed by atoms with Crippen LogP contribution in [0, 0.1) is 13.8 Å². The molecular weight excluding hydrogens is 192 g/mol. The van der Waals surface area contributed by atoms with E-state index in [4.69, 9.17) is 0 Å². The summed E-state index contributed by atoms with van der Waals surface area (Å²) in [4.78, 5) is 4.28. The average molecular weight is 206 g/mol. The molecule has 2 aromatic rings. The van der Waals surface area contributed by atoms with Gasteiger partial charge in [0.2, 0.25) is 0 Å². The van der Waals surface area contributed by atoms with E-state index in [1.165, 1.54) is 11.3 Å². The molecule has 14 heavy (non-hydrogen) atoms. The van der Waals surface area contributed by atoms with Gasteiger partial charge in [-0.15, -0.1) is 0 Å². The molecule has 0 N–H and O–H groups in total. The molecule has 0 fully saturated rings. The largest absolute Gasteiger partial charge is 0.334 e. The Kier molecular flexibility index (Phi) is 2.68. The van der Waals surface area contributed by atoms with Crippen molar-refractivity contribution < 1.29 is 0 Å². The molecule has 0 aliphatic heterocycles. The Bertz CT molecular complexity index is 401. The third kappa shape index (κ3) is 1.87. The lowest BCUT2D eigenvalue weighted by Crippen LogP contribution is -2.01. The number of thiophene rings is 1. The summed E-state index contributed by atoms with van der Waals surface area (Å²) < 4.78 is 2.22. The predicted molar refractivity (Wildman–Crippen MR) is 59.7 cm³/mol. The summed E-state index contributed by atoms with van der Waals surface area (Å²) in [5, 5.41) is 4.33. The van der Waals surface area contributed by atoms with E-state index in [1.807, 2.05) is 6.33 Å². The molecular formula is C11H14N2S. The second-order valence-electron chi connectivity index (χ2n) is 3.49. The topological polar surface area (TPSA) is 17.8 Å². The standard InChI is InChI=1S/C11H14N2S/c1-9-10(2)13(8-12-9)5-3-11-4-6-14-7-11/h4,6-8H,3,5H2,1-2H3. The fourth-order valence-corrected chi connectivity index (χ4v) is 2.16. The van der Waals surface area contributed by atoms with Gasteiger partial charge in [0.1, 0.15) is 0 Å². The zero-order valence-electron chi connectivity index (χ0n) is 8.53. The van der Waals surface area contributed by atoms with Crippen LogP contribution in [0.15, 0.2) is 23.2 Å². The molecule has 0 saturated heterocycles. The highest BCUT2D eigenvalue weighted by molar-refractivity contribution is 7.07. The Morgan fingerprint density at radius 3 is 2.86 bits per heavy atom. The van der Waals surface area contributed by atoms with Crippen molar-refractivity contribution in [2.75, 3.05) is 0 Å². The van der Waals surface area contributed by atoms with Gasteiger partial charge in [-0.25, -0.2) is 4.98 Å². The first kappa shape index (κ1) is 9.46. The van der Waals surface area contributed by atoms with Crippen LogP contribution in [0.4, 0.5) is 0 Å². The molecule has 0 aromatic carbocycles. The van der Waals surface area contributed by atoms with Gasteiger partial charge in [0.05, 0.1) is 12.0 Å². The van der Waals surface area contributed by atoms with Crippen LogP contribution in [0.3, 0.4) is 0 Å². The highest BCUT2D eigenvalue weighted by Gasteiger charge is 2.01. The summed E-state index contributed by atoms with van der Waals surface area (Å²) in [6.07, 6.45) is 3.02. The first-order valence-electron chi connectivity index (χ1n) is 4.77. The quantitative estimate of drug-likeness (QED) is 0.755. The predicted octanol–water partition coefficient (Wildman–Crippen LogP) is 2.80. The summed E-state index contributed by atoms with van der Waals surface area (Å²) in [5.74, 6) is 0. The lowest BCUT2D eigenvalue weighted by atomic mass is 10.2. The van der Waals surface area contributed by atoms with Crippen LogP contribution in [-0.4, -0.2) is 9.55 Å². The van der Waals surface area contributed by atoms with Crippen LogP contribution >= 0.6 is 11.3 Å². The van der Waals surface area contributed by atoms with E-state index in [9.17, 15) is 0 Å².